The van der Waals surface area contributed by atoms with Gasteiger partial charge in [0.2, 0.25) is 0 Å². The van der Waals surface area contributed by atoms with E-state index < -0.39 is 17.5 Å². The van der Waals surface area contributed by atoms with Gasteiger partial charge in [-0.05, 0) is 56.9 Å². The Morgan fingerprint density at radius 2 is 1.88 bits per heavy atom. The largest absolute Gasteiger partial charge is 0.327 e. The number of piperidine rings is 1. The summed E-state index contributed by atoms with van der Waals surface area (Å²) in [5.41, 5.74) is 4.72. The lowest BCUT2D eigenvalue weighted by atomic mass is 9.81. The number of nitrogens with zero attached hydrogens (tertiary/aromatic N) is 5. The Hall–Kier alpha value is -3.62. The van der Waals surface area contributed by atoms with Crippen molar-refractivity contribution in [1.29, 1.82) is 0 Å². The van der Waals surface area contributed by atoms with Crippen LogP contribution in [0.5, 0.6) is 0 Å². The van der Waals surface area contributed by atoms with Crippen LogP contribution < -0.4 is 0 Å². The molecule has 1 amide bonds. The van der Waals surface area contributed by atoms with E-state index in [-0.39, 0.29) is 23.6 Å². The van der Waals surface area contributed by atoms with E-state index in [0.717, 1.165) is 54.0 Å². The summed E-state index contributed by atoms with van der Waals surface area (Å²) in [6.07, 6.45) is 6.65. The Bertz CT molecular complexity index is 1450. The maximum atomic E-state index is 14.0. The Balaban J connectivity index is 1.43. The van der Waals surface area contributed by atoms with Crippen LogP contribution in [-0.4, -0.2) is 36.0 Å². The third kappa shape index (κ3) is 2.99. The molecule has 6 nitrogen and oxygen atoms in total. The number of aryl methyl sites for hydroxylation is 2. The molecule has 3 aromatic heterocycles. The summed E-state index contributed by atoms with van der Waals surface area (Å²) in [4.78, 5) is 19.9. The van der Waals surface area contributed by atoms with Gasteiger partial charge in [-0.2, -0.15) is 5.10 Å². The van der Waals surface area contributed by atoms with E-state index in [0.29, 0.717) is 17.7 Å². The number of amides is 1. The summed E-state index contributed by atoms with van der Waals surface area (Å²) in [5, 5.41) is 4.68. The molecule has 0 radical (unpaired) electrons. The lowest BCUT2D eigenvalue weighted by Crippen LogP contribution is -2.49. The number of hydrogen-bond donors (Lipinski definition) is 0. The highest BCUT2D eigenvalue weighted by atomic mass is 19.2. The van der Waals surface area contributed by atoms with Crippen molar-refractivity contribution in [2.24, 2.45) is 7.05 Å². The highest BCUT2D eigenvalue weighted by Crippen LogP contribution is 2.45. The van der Waals surface area contributed by atoms with Crippen LogP contribution in [0.2, 0.25) is 0 Å². The minimum atomic E-state index is -1.49. The first-order chi connectivity index (χ1) is 16.3. The van der Waals surface area contributed by atoms with Crippen molar-refractivity contribution in [2.75, 3.05) is 0 Å². The monoisotopic (exact) mass is 465 g/mol. The number of halogens is 3. The molecule has 1 saturated heterocycles. The van der Waals surface area contributed by atoms with E-state index in [1.807, 2.05) is 28.5 Å². The quantitative estimate of drug-likeness (QED) is 0.402. The fraction of sp³-hybridized carbons (Fsp3) is 0.320. The highest BCUT2D eigenvalue weighted by Gasteiger charge is 2.43. The van der Waals surface area contributed by atoms with Crippen LogP contribution in [0.3, 0.4) is 0 Å². The van der Waals surface area contributed by atoms with Crippen LogP contribution in [0.25, 0.3) is 16.9 Å². The number of carbonyl (C=O) groups excluding carboxylic acids is 1. The van der Waals surface area contributed by atoms with Gasteiger partial charge in [0.15, 0.2) is 17.5 Å². The molecule has 0 spiro atoms. The van der Waals surface area contributed by atoms with Gasteiger partial charge in [0, 0.05) is 42.3 Å². The Labute approximate surface area is 193 Å². The maximum absolute atomic E-state index is 14.0. The van der Waals surface area contributed by atoms with Gasteiger partial charge in [0.1, 0.15) is 5.65 Å². The van der Waals surface area contributed by atoms with Crippen molar-refractivity contribution in [2.45, 2.75) is 44.7 Å². The molecule has 174 valence electrons. The van der Waals surface area contributed by atoms with Crippen molar-refractivity contribution in [3.05, 3.63) is 76.6 Å². The van der Waals surface area contributed by atoms with Gasteiger partial charge < -0.3 is 9.30 Å². The molecule has 4 aromatic rings. The van der Waals surface area contributed by atoms with Crippen molar-refractivity contribution in [1.82, 2.24) is 24.1 Å². The smallest absolute Gasteiger partial charge is 0.256 e. The molecule has 1 aromatic carbocycles. The van der Waals surface area contributed by atoms with Crippen LogP contribution in [0.15, 0.2) is 36.7 Å². The summed E-state index contributed by atoms with van der Waals surface area (Å²) in [7, 11) is 1.71. The second kappa shape index (κ2) is 7.44. The molecule has 0 N–H and O–H groups in total. The zero-order chi connectivity index (χ0) is 23.7. The number of aromatic nitrogens is 4. The van der Waals surface area contributed by atoms with Crippen molar-refractivity contribution in [3.63, 3.8) is 0 Å². The van der Waals surface area contributed by atoms with E-state index in [2.05, 4.69) is 10.1 Å². The maximum Gasteiger partial charge on any atom is 0.256 e. The first-order valence-electron chi connectivity index (χ1n) is 11.3. The second-order valence-electron chi connectivity index (χ2n) is 9.15. The Kier molecular flexibility index (Phi) is 4.59. The van der Waals surface area contributed by atoms with E-state index in [4.69, 9.17) is 0 Å². The number of imidazole rings is 1. The molecular weight excluding hydrogens is 443 g/mol. The number of rotatable bonds is 2. The van der Waals surface area contributed by atoms with Gasteiger partial charge in [-0.25, -0.2) is 18.2 Å². The van der Waals surface area contributed by atoms with Gasteiger partial charge in [0.25, 0.3) is 5.91 Å². The summed E-state index contributed by atoms with van der Waals surface area (Å²) in [6, 6.07) is 5.35. The average Bonchev–Trinajstić information content (AvgIpc) is 3.35. The fourth-order valence-electron chi connectivity index (χ4n) is 5.58. The summed E-state index contributed by atoms with van der Waals surface area (Å²) >= 11 is 0. The lowest BCUT2D eigenvalue weighted by molar-refractivity contribution is 0.0391. The molecule has 2 bridgehead atoms. The zero-order valence-corrected chi connectivity index (χ0v) is 18.7. The highest BCUT2D eigenvalue weighted by molar-refractivity contribution is 5.95. The van der Waals surface area contributed by atoms with Gasteiger partial charge >= 0.3 is 0 Å². The topological polar surface area (TPSA) is 55.4 Å². The molecule has 2 aliphatic rings. The predicted octanol–water partition coefficient (Wildman–Crippen LogP) is 4.75. The number of hydrogen-bond acceptors (Lipinski definition) is 3. The molecule has 0 saturated carbocycles. The van der Waals surface area contributed by atoms with Crippen LogP contribution in [-0.2, 0) is 13.5 Å². The standard InChI is InChI=1S/C25H22F3N5O/c1-13-11-29-21-7-6-14(12-32(13)21)25(34)33-16-4-3-5-20(33)23-17(10-16)24(31(2)30-23)15-8-18(26)22(28)19(27)9-15/h6-9,11-12,16,20H,3-5,10H2,1-2H3. The Morgan fingerprint density at radius 1 is 1.12 bits per heavy atom. The van der Waals surface area contributed by atoms with Crippen LogP contribution in [0.1, 0.15) is 52.6 Å². The van der Waals surface area contributed by atoms with Crippen molar-refractivity contribution >= 4 is 11.6 Å². The summed E-state index contributed by atoms with van der Waals surface area (Å²) in [5.74, 6) is -4.02. The number of benzene rings is 1. The third-order valence-electron chi connectivity index (χ3n) is 7.11. The number of pyridine rings is 1. The van der Waals surface area contributed by atoms with Crippen LogP contribution >= 0.6 is 0 Å². The van der Waals surface area contributed by atoms with E-state index in [1.54, 1.807) is 24.0 Å². The molecule has 2 aliphatic heterocycles. The minimum absolute atomic E-state index is 0.0589. The van der Waals surface area contributed by atoms with E-state index >= 15 is 0 Å². The van der Waals surface area contributed by atoms with Gasteiger partial charge in [0.05, 0.1) is 23.0 Å². The SMILES string of the molecule is Cc1cnc2ccc(C(=O)N3C4CCCC3c3nn(C)c(-c5cc(F)c(F)c(F)c5)c3C4)cn12. The molecule has 5 heterocycles. The average molecular weight is 465 g/mol. The Morgan fingerprint density at radius 3 is 2.65 bits per heavy atom. The molecule has 2 atom stereocenters. The van der Waals surface area contributed by atoms with Gasteiger partial charge in [-0.1, -0.05) is 0 Å². The third-order valence-corrected chi connectivity index (χ3v) is 7.11. The summed E-state index contributed by atoms with van der Waals surface area (Å²) in [6.45, 7) is 1.94. The molecular formula is C25H22F3N5O. The molecule has 9 heteroatoms. The number of fused-ring (bicyclic) bond motifs is 5. The minimum Gasteiger partial charge on any atom is -0.327 e. The molecule has 34 heavy (non-hydrogen) atoms. The molecule has 1 fully saturated rings. The van der Waals surface area contributed by atoms with Crippen molar-refractivity contribution in [3.8, 4) is 11.3 Å². The first-order valence-corrected chi connectivity index (χ1v) is 11.3. The lowest BCUT2D eigenvalue weighted by Gasteiger charge is -2.45. The molecule has 2 unspecified atom stereocenters. The number of carbonyl (C=O) groups is 1. The van der Waals surface area contributed by atoms with Crippen LogP contribution in [0, 0.1) is 24.4 Å². The van der Waals surface area contributed by atoms with E-state index in [1.165, 1.54) is 0 Å². The first kappa shape index (κ1) is 20.9. The summed E-state index contributed by atoms with van der Waals surface area (Å²) < 4.78 is 45.0. The van der Waals surface area contributed by atoms with Gasteiger partial charge in [-0.15, -0.1) is 0 Å². The fourth-order valence-corrected chi connectivity index (χ4v) is 5.58. The van der Waals surface area contributed by atoms with E-state index in [9.17, 15) is 18.0 Å². The predicted molar refractivity (Wildman–Crippen MR) is 119 cm³/mol. The molecule has 6 rings (SSSR count). The van der Waals surface area contributed by atoms with Crippen molar-refractivity contribution < 1.29 is 18.0 Å². The van der Waals surface area contributed by atoms with Gasteiger partial charge in [-0.3, -0.25) is 9.48 Å². The van der Waals surface area contributed by atoms with Crippen LogP contribution in [0.4, 0.5) is 13.2 Å². The zero-order valence-electron chi connectivity index (χ0n) is 18.7. The second-order valence-corrected chi connectivity index (χ2v) is 9.15. The normalized spacial score (nSPS) is 19.5. The molecule has 0 aliphatic carbocycles.